The van der Waals surface area contributed by atoms with Crippen molar-refractivity contribution in [3.05, 3.63) is 71.9 Å². The van der Waals surface area contributed by atoms with Crippen molar-refractivity contribution in [1.82, 2.24) is 14.5 Å². The van der Waals surface area contributed by atoms with Crippen LogP contribution in [0.15, 0.2) is 60.8 Å². The molecule has 7 heteroatoms. The fourth-order valence-electron chi connectivity index (χ4n) is 5.67. The van der Waals surface area contributed by atoms with Crippen LogP contribution in [0.2, 0.25) is 0 Å². The van der Waals surface area contributed by atoms with Gasteiger partial charge in [-0.1, -0.05) is 12.1 Å². The molecule has 2 aromatic heterocycles. The first-order valence-corrected chi connectivity index (χ1v) is 12.9. The van der Waals surface area contributed by atoms with E-state index in [1.54, 1.807) is 7.11 Å². The topological polar surface area (TPSA) is 59.8 Å². The van der Waals surface area contributed by atoms with E-state index in [1.165, 1.54) is 22.2 Å². The third-order valence-corrected chi connectivity index (χ3v) is 7.60. The van der Waals surface area contributed by atoms with E-state index in [1.807, 2.05) is 41.4 Å². The van der Waals surface area contributed by atoms with Crippen LogP contribution in [-0.4, -0.2) is 59.8 Å². The Morgan fingerprint density at radius 3 is 2.57 bits per heavy atom. The third-order valence-electron chi connectivity index (χ3n) is 7.60. The molecule has 0 aliphatic carbocycles. The molecule has 1 unspecified atom stereocenters. The summed E-state index contributed by atoms with van der Waals surface area (Å²) in [7, 11) is 1.68. The number of carbonyl (C=O) groups excluding carboxylic acids is 1. The van der Waals surface area contributed by atoms with Crippen molar-refractivity contribution in [2.75, 3.05) is 38.2 Å². The molecule has 190 valence electrons. The van der Waals surface area contributed by atoms with Gasteiger partial charge in [0.15, 0.2) is 0 Å². The molecule has 0 saturated carbocycles. The maximum Gasteiger partial charge on any atom is 0.226 e. The summed E-state index contributed by atoms with van der Waals surface area (Å²) >= 11 is 0. The average molecular weight is 497 g/mol. The van der Waals surface area contributed by atoms with Gasteiger partial charge in [-0.25, -0.2) is 4.98 Å². The SMILES string of the molecule is COc1ccc(-c2c(C)c3cccc4c3n2CC(CC(=O)N2CCN(c3cc(C)ccn3)CC2)O4)cc1. The molecule has 1 fully saturated rings. The number of hydrogen-bond acceptors (Lipinski definition) is 5. The highest BCUT2D eigenvalue weighted by Gasteiger charge is 2.30. The standard InChI is InChI=1S/C30H32N4O3/c1-20-11-12-31-27(17-20)32-13-15-33(16-14-32)28(35)18-24-19-34-29(22-7-9-23(36-3)10-8-22)21(2)25-5-4-6-26(37-24)30(25)34/h4-12,17,24H,13-16,18-19H2,1-3H3. The lowest BCUT2D eigenvalue weighted by Crippen LogP contribution is -2.50. The van der Waals surface area contributed by atoms with Gasteiger partial charge in [0.25, 0.3) is 0 Å². The molecule has 1 saturated heterocycles. The van der Waals surface area contributed by atoms with Gasteiger partial charge in [-0.3, -0.25) is 4.79 Å². The molecule has 0 radical (unpaired) electrons. The number of hydrogen-bond donors (Lipinski definition) is 0. The Labute approximate surface area is 217 Å². The first-order valence-electron chi connectivity index (χ1n) is 12.9. The van der Waals surface area contributed by atoms with Gasteiger partial charge in [0.05, 0.1) is 31.3 Å². The van der Waals surface area contributed by atoms with Crippen molar-refractivity contribution in [2.24, 2.45) is 0 Å². The van der Waals surface area contributed by atoms with Crippen molar-refractivity contribution in [3.63, 3.8) is 0 Å². The highest BCUT2D eigenvalue weighted by Crippen LogP contribution is 2.41. The number of aryl methyl sites for hydroxylation is 2. The second-order valence-electron chi connectivity index (χ2n) is 9.97. The van der Waals surface area contributed by atoms with Gasteiger partial charge in [0.2, 0.25) is 5.91 Å². The molecule has 37 heavy (non-hydrogen) atoms. The van der Waals surface area contributed by atoms with E-state index in [4.69, 9.17) is 9.47 Å². The maximum absolute atomic E-state index is 13.3. The van der Waals surface area contributed by atoms with E-state index in [0.29, 0.717) is 26.1 Å². The number of carbonyl (C=O) groups is 1. The lowest BCUT2D eigenvalue weighted by Gasteiger charge is -2.36. The van der Waals surface area contributed by atoms with Crippen molar-refractivity contribution in [3.8, 4) is 22.8 Å². The second-order valence-corrected chi connectivity index (χ2v) is 9.97. The summed E-state index contributed by atoms with van der Waals surface area (Å²) in [5.74, 6) is 2.81. The van der Waals surface area contributed by atoms with Crippen molar-refractivity contribution in [2.45, 2.75) is 32.9 Å². The molecule has 7 nitrogen and oxygen atoms in total. The predicted octanol–water partition coefficient (Wildman–Crippen LogP) is 4.83. The Hall–Kier alpha value is -4.00. The van der Waals surface area contributed by atoms with Gasteiger partial charge in [0, 0.05) is 37.8 Å². The van der Waals surface area contributed by atoms with Gasteiger partial charge in [-0.2, -0.15) is 0 Å². The van der Waals surface area contributed by atoms with Crippen LogP contribution in [0, 0.1) is 13.8 Å². The number of aromatic nitrogens is 2. The zero-order valence-corrected chi connectivity index (χ0v) is 21.6. The highest BCUT2D eigenvalue weighted by molar-refractivity contribution is 5.95. The zero-order valence-electron chi connectivity index (χ0n) is 21.6. The Morgan fingerprint density at radius 2 is 1.84 bits per heavy atom. The molecular formula is C30H32N4O3. The number of nitrogens with zero attached hydrogens (tertiary/aromatic N) is 4. The number of anilines is 1. The van der Waals surface area contributed by atoms with Crippen LogP contribution < -0.4 is 14.4 Å². The summed E-state index contributed by atoms with van der Waals surface area (Å²) in [4.78, 5) is 22.1. The molecule has 1 atom stereocenters. The predicted molar refractivity (Wildman–Crippen MR) is 145 cm³/mol. The maximum atomic E-state index is 13.3. The van der Waals surface area contributed by atoms with Gasteiger partial charge < -0.3 is 23.8 Å². The van der Waals surface area contributed by atoms with Crippen LogP contribution in [0.3, 0.4) is 0 Å². The Balaban J connectivity index is 1.20. The molecule has 2 aromatic carbocycles. The molecule has 0 N–H and O–H groups in total. The fourth-order valence-corrected chi connectivity index (χ4v) is 5.67. The Morgan fingerprint density at radius 1 is 1.05 bits per heavy atom. The van der Waals surface area contributed by atoms with Crippen LogP contribution in [0.1, 0.15) is 17.5 Å². The summed E-state index contributed by atoms with van der Waals surface area (Å²) in [6, 6.07) is 18.5. The molecule has 1 amide bonds. The van der Waals surface area contributed by atoms with Crippen molar-refractivity contribution in [1.29, 1.82) is 0 Å². The minimum atomic E-state index is -0.217. The van der Waals surface area contributed by atoms with Gasteiger partial charge in [-0.15, -0.1) is 0 Å². The van der Waals surface area contributed by atoms with Gasteiger partial charge in [-0.05, 0) is 73.0 Å². The largest absolute Gasteiger partial charge is 0.497 e. The van der Waals surface area contributed by atoms with Crippen LogP contribution in [0.5, 0.6) is 11.5 Å². The van der Waals surface area contributed by atoms with Crippen LogP contribution in [-0.2, 0) is 11.3 Å². The second kappa shape index (κ2) is 9.47. The summed E-state index contributed by atoms with van der Waals surface area (Å²) in [6.45, 7) is 7.85. The lowest BCUT2D eigenvalue weighted by atomic mass is 10.1. The molecule has 4 heterocycles. The van der Waals surface area contributed by atoms with E-state index in [0.717, 1.165) is 41.5 Å². The lowest BCUT2D eigenvalue weighted by molar-refractivity contribution is -0.133. The fraction of sp³-hybridized carbons (Fsp3) is 0.333. The minimum absolute atomic E-state index is 0.146. The van der Waals surface area contributed by atoms with E-state index in [-0.39, 0.29) is 12.0 Å². The van der Waals surface area contributed by atoms with Crippen molar-refractivity contribution >= 4 is 22.6 Å². The summed E-state index contributed by atoms with van der Waals surface area (Å²) in [6.07, 6.45) is 1.99. The van der Waals surface area contributed by atoms with E-state index in [9.17, 15) is 4.79 Å². The molecule has 0 spiro atoms. The normalized spacial score (nSPS) is 17.1. The molecular weight excluding hydrogens is 464 g/mol. The number of piperazine rings is 1. The molecule has 4 aromatic rings. The summed E-state index contributed by atoms with van der Waals surface area (Å²) < 4.78 is 14.1. The number of ether oxygens (including phenoxy) is 2. The monoisotopic (exact) mass is 496 g/mol. The summed E-state index contributed by atoms with van der Waals surface area (Å²) in [5, 5.41) is 1.19. The summed E-state index contributed by atoms with van der Waals surface area (Å²) in [5.41, 5.74) is 5.83. The molecule has 2 aliphatic heterocycles. The number of amides is 1. The number of rotatable bonds is 5. The zero-order chi connectivity index (χ0) is 25.5. The molecule has 2 aliphatic rings. The highest BCUT2D eigenvalue weighted by atomic mass is 16.5. The number of methoxy groups -OCH3 is 1. The average Bonchev–Trinajstić information content (AvgIpc) is 3.21. The quantitative estimate of drug-likeness (QED) is 0.396. The first-order chi connectivity index (χ1) is 18.0. The van der Waals surface area contributed by atoms with Crippen molar-refractivity contribution < 1.29 is 14.3 Å². The Bertz CT molecular complexity index is 1450. The molecule has 0 bridgehead atoms. The van der Waals surface area contributed by atoms with Gasteiger partial charge >= 0.3 is 0 Å². The van der Waals surface area contributed by atoms with E-state index in [2.05, 4.69) is 52.6 Å². The first kappa shape index (κ1) is 23.4. The molecule has 6 rings (SSSR count). The van der Waals surface area contributed by atoms with Crippen LogP contribution in [0.25, 0.3) is 22.2 Å². The van der Waals surface area contributed by atoms with Crippen LogP contribution >= 0.6 is 0 Å². The minimum Gasteiger partial charge on any atom is -0.497 e. The smallest absolute Gasteiger partial charge is 0.226 e. The van der Waals surface area contributed by atoms with Gasteiger partial charge in [0.1, 0.15) is 23.4 Å². The Kier molecular flexibility index (Phi) is 5.99. The number of para-hydroxylation sites is 1. The number of pyridine rings is 1. The van der Waals surface area contributed by atoms with E-state index < -0.39 is 0 Å². The number of benzene rings is 2. The third kappa shape index (κ3) is 4.28. The van der Waals surface area contributed by atoms with E-state index >= 15 is 0 Å². The van der Waals surface area contributed by atoms with Crippen LogP contribution in [0.4, 0.5) is 5.82 Å².